The van der Waals surface area contributed by atoms with Crippen molar-refractivity contribution in [2.45, 2.75) is 4.90 Å². The second-order valence-electron chi connectivity index (χ2n) is 5.89. The maximum Gasteiger partial charge on any atom is 0.272 e. The Hall–Kier alpha value is -3.53. The molecule has 0 radical (unpaired) electrons. The first kappa shape index (κ1) is 20.2. The number of ether oxygens (including phenoxy) is 1. The molecule has 7 nitrogen and oxygen atoms in total. The first-order valence-corrected chi connectivity index (χ1v) is 9.59. The minimum absolute atomic E-state index is 0.0744. The Morgan fingerprint density at radius 2 is 1.59 bits per heavy atom. The molecule has 0 saturated heterocycles. The number of anilines is 1. The number of hydrogen-bond acceptors (Lipinski definition) is 5. The fourth-order valence-corrected chi connectivity index (χ4v) is 3.64. The van der Waals surface area contributed by atoms with Gasteiger partial charge in [0.25, 0.3) is 15.7 Å². The van der Waals surface area contributed by atoms with Gasteiger partial charge in [0.1, 0.15) is 11.6 Å². The molecule has 0 spiro atoms. The number of sulfonamides is 1. The first-order valence-electron chi connectivity index (χ1n) is 8.15. The predicted octanol–water partition coefficient (Wildman–Crippen LogP) is 4.49. The van der Waals surface area contributed by atoms with Crippen LogP contribution < -0.4 is 9.04 Å². The van der Waals surface area contributed by atoms with Gasteiger partial charge < -0.3 is 4.74 Å². The van der Waals surface area contributed by atoms with Crippen LogP contribution >= 0.6 is 0 Å². The summed E-state index contributed by atoms with van der Waals surface area (Å²) in [6.45, 7) is 0. The summed E-state index contributed by atoms with van der Waals surface area (Å²) in [7, 11) is -2.56. The Morgan fingerprint density at radius 3 is 2.14 bits per heavy atom. The van der Waals surface area contributed by atoms with Crippen molar-refractivity contribution >= 4 is 21.4 Å². The van der Waals surface area contributed by atoms with Gasteiger partial charge in [0, 0.05) is 13.1 Å². The number of hydrogen-bond donors (Lipinski definition) is 0. The Balaban J connectivity index is 1.79. The number of rotatable bonds is 6. The lowest BCUT2D eigenvalue weighted by molar-refractivity contribution is -0.385. The third-order valence-electron chi connectivity index (χ3n) is 4.03. The molecule has 3 aromatic rings. The summed E-state index contributed by atoms with van der Waals surface area (Å²) in [4.78, 5) is 9.85. The quantitative estimate of drug-likeness (QED) is 0.433. The fraction of sp³-hybridized carbons (Fsp3) is 0.0526. The van der Waals surface area contributed by atoms with Gasteiger partial charge in [-0.2, -0.15) is 0 Å². The predicted molar refractivity (Wildman–Crippen MR) is 102 cm³/mol. The van der Waals surface area contributed by atoms with Crippen LogP contribution in [0.3, 0.4) is 0 Å². The smallest absolute Gasteiger partial charge is 0.272 e. The van der Waals surface area contributed by atoms with Crippen molar-refractivity contribution in [3.05, 3.63) is 88.5 Å². The standard InChI is InChI=1S/C19H14F2N2O5S/c1-22(29(26,27)17-9-2-13(20)3-10-17)14-4-7-16(8-5-14)28-19-11-6-15(23(24)25)12-18(19)21/h2-12H,1H3. The van der Waals surface area contributed by atoms with Crippen molar-refractivity contribution in [1.82, 2.24) is 0 Å². The Labute approximate surface area is 165 Å². The lowest BCUT2D eigenvalue weighted by Gasteiger charge is -2.20. The Morgan fingerprint density at radius 1 is 0.966 bits per heavy atom. The van der Waals surface area contributed by atoms with Crippen LogP contribution in [0.5, 0.6) is 11.5 Å². The summed E-state index contributed by atoms with van der Waals surface area (Å²) < 4.78 is 58.6. The Kier molecular flexibility index (Phi) is 5.46. The van der Waals surface area contributed by atoms with Gasteiger partial charge in [-0.05, 0) is 54.6 Å². The van der Waals surface area contributed by atoms with E-state index in [2.05, 4.69) is 0 Å². The highest BCUT2D eigenvalue weighted by Gasteiger charge is 2.21. The van der Waals surface area contributed by atoms with E-state index in [1.165, 1.54) is 31.3 Å². The molecule has 0 heterocycles. The molecule has 3 rings (SSSR count). The molecule has 29 heavy (non-hydrogen) atoms. The highest BCUT2D eigenvalue weighted by atomic mass is 32.2. The topological polar surface area (TPSA) is 89.8 Å². The lowest BCUT2D eigenvalue weighted by Crippen LogP contribution is -2.26. The summed E-state index contributed by atoms with van der Waals surface area (Å²) in [5, 5.41) is 10.6. The zero-order valence-electron chi connectivity index (χ0n) is 15.0. The van der Waals surface area contributed by atoms with Crippen molar-refractivity contribution in [1.29, 1.82) is 0 Å². The molecule has 0 N–H and O–H groups in total. The minimum Gasteiger partial charge on any atom is -0.454 e. The third kappa shape index (κ3) is 4.32. The largest absolute Gasteiger partial charge is 0.454 e. The SMILES string of the molecule is CN(c1ccc(Oc2ccc([N+](=O)[O-])cc2F)cc1)S(=O)(=O)c1ccc(F)cc1. The van der Waals surface area contributed by atoms with E-state index in [4.69, 9.17) is 4.74 Å². The van der Waals surface area contributed by atoms with Crippen molar-refractivity contribution in [2.24, 2.45) is 0 Å². The highest BCUT2D eigenvalue weighted by Crippen LogP contribution is 2.30. The van der Waals surface area contributed by atoms with Crippen LogP contribution in [0.1, 0.15) is 0 Å². The number of nitro benzene ring substituents is 1. The van der Waals surface area contributed by atoms with Crippen LogP contribution in [-0.2, 0) is 10.0 Å². The fourth-order valence-electron chi connectivity index (χ4n) is 2.44. The molecule has 0 unspecified atom stereocenters. The van der Waals surface area contributed by atoms with Gasteiger partial charge in [0.15, 0.2) is 11.6 Å². The molecular weight excluding hydrogens is 406 g/mol. The van der Waals surface area contributed by atoms with Crippen LogP contribution in [-0.4, -0.2) is 20.4 Å². The van der Waals surface area contributed by atoms with Crippen LogP contribution in [0.15, 0.2) is 71.6 Å². The normalized spacial score (nSPS) is 11.1. The number of nitro groups is 1. The summed E-state index contributed by atoms with van der Waals surface area (Å²) in [5.74, 6) is -1.46. The van der Waals surface area contributed by atoms with E-state index in [9.17, 15) is 27.3 Å². The van der Waals surface area contributed by atoms with Crippen molar-refractivity contribution in [2.75, 3.05) is 11.4 Å². The summed E-state index contributed by atoms with van der Waals surface area (Å²) in [5.41, 5.74) is -0.108. The molecule has 10 heteroatoms. The second kappa shape index (κ2) is 7.84. The molecule has 0 amide bonds. The summed E-state index contributed by atoms with van der Waals surface area (Å²) in [6, 6.07) is 13.1. The van der Waals surface area contributed by atoms with Crippen LogP contribution in [0.4, 0.5) is 20.2 Å². The molecule has 0 aliphatic heterocycles. The van der Waals surface area contributed by atoms with E-state index in [1.807, 2.05) is 0 Å². The molecule has 0 atom stereocenters. The number of halogens is 2. The van der Waals surface area contributed by atoms with E-state index in [1.54, 1.807) is 0 Å². The second-order valence-corrected chi connectivity index (χ2v) is 7.86. The van der Waals surface area contributed by atoms with Gasteiger partial charge in [-0.1, -0.05) is 0 Å². The maximum absolute atomic E-state index is 13.9. The molecule has 0 saturated carbocycles. The van der Waals surface area contributed by atoms with Gasteiger partial charge >= 0.3 is 0 Å². The number of non-ortho nitro benzene ring substituents is 1. The molecular formula is C19H14F2N2O5S. The van der Waals surface area contributed by atoms with Gasteiger partial charge in [0.2, 0.25) is 0 Å². The molecule has 3 aromatic carbocycles. The monoisotopic (exact) mass is 420 g/mol. The molecule has 0 aliphatic rings. The van der Waals surface area contributed by atoms with E-state index < -0.39 is 32.3 Å². The van der Waals surface area contributed by atoms with Crippen LogP contribution in [0.2, 0.25) is 0 Å². The first-order chi connectivity index (χ1) is 13.7. The lowest BCUT2D eigenvalue weighted by atomic mass is 10.3. The van der Waals surface area contributed by atoms with Crippen LogP contribution in [0, 0.1) is 21.7 Å². The molecule has 0 aromatic heterocycles. The van der Waals surface area contributed by atoms with Crippen molar-refractivity contribution in [3.63, 3.8) is 0 Å². The van der Waals surface area contributed by atoms with Gasteiger partial charge in [-0.25, -0.2) is 17.2 Å². The van der Waals surface area contributed by atoms with Crippen molar-refractivity contribution < 1.29 is 26.9 Å². The maximum atomic E-state index is 13.9. The zero-order valence-corrected chi connectivity index (χ0v) is 15.8. The molecule has 0 aliphatic carbocycles. The zero-order chi connectivity index (χ0) is 21.2. The van der Waals surface area contributed by atoms with Gasteiger partial charge in [-0.3, -0.25) is 14.4 Å². The average Bonchev–Trinajstić information content (AvgIpc) is 2.69. The van der Waals surface area contributed by atoms with Crippen LogP contribution in [0.25, 0.3) is 0 Å². The Bertz CT molecular complexity index is 1150. The summed E-state index contributed by atoms with van der Waals surface area (Å²) in [6.07, 6.45) is 0. The number of nitrogens with zero attached hydrogens (tertiary/aromatic N) is 2. The van der Waals surface area contributed by atoms with E-state index in [0.717, 1.165) is 46.8 Å². The molecule has 0 fully saturated rings. The molecule has 0 bridgehead atoms. The average molecular weight is 420 g/mol. The van der Waals surface area contributed by atoms with Gasteiger partial charge in [0.05, 0.1) is 21.6 Å². The van der Waals surface area contributed by atoms with E-state index in [0.29, 0.717) is 5.69 Å². The highest BCUT2D eigenvalue weighted by molar-refractivity contribution is 7.92. The summed E-state index contributed by atoms with van der Waals surface area (Å²) >= 11 is 0. The van der Waals surface area contributed by atoms with Crippen molar-refractivity contribution in [3.8, 4) is 11.5 Å². The van der Waals surface area contributed by atoms with E-state index >= 15 is 0 Å². The van der Waals surface area contributed by atoms with E-state index in [-0.39, 0.29) is 16.4 Å². The number of benzene rings is 3. The van der Waals surface area contributed by atoms with Gasteiger partial charge in [-0.15, -0.1) is 0 Å². The molecule has 150 valence electrons. The third-order valence-corrected chi connectivity index (χ3v) is 5.83. The minimum atomic E-state index is -3.90.